The van der Waals surface area contributed by atoms with E-state index in [1.165, 1.54) is 32.1 Å². The monoisotopic (exact) mass is 216 g/mol. The molecule has 0 spiro atoms. The summed E-state index contributed by atoms with van der Waals surface area (Å²) in [5, 5.41) is 12.1. The highest BCUT2D eigenvalue weighted by Crippen LogP contribution is 2.03. The van der Waals surface area contributed by atoms with Gasteiger partial charge < -0.3 is 10.4 Å². The largest absolute Gasteiger partial charge is 0.395 e. The first kappa shape index (κ1) is 14.9. The van der Waals surface area contributed by atoms with Gasteiger partial charge in [0, 0.05) is 19.6 Å². The van der Waals surface area contributed by atoms with Crippen LogP contribution in [-0.4, -0.2) is 49.8 Å². The number of nitrogens with one attached hydrogen (secondary N) is 1. The SMILES string of the molecule is CCCCCCCN(CCO)CCNC. The van der Waals surface area contributed by atoms with Crippen molar-refractivity contribution >= 4 is 0 Å². The maximum absolute atomic E-state index is 8.91. The molecule has 0 rings (SSSR count). The minimum atomic E-state index is 0.276. The number of hydrogen-bond donors (Lipinski definition) is 2. The summed E-state index contributed by atoms with van der Waals surface area (Å²) in [4.78, 5) is 2.34. The van der Waals surface area contributed by atoms with Crippen LogP contribution < -0.4 is 5.32 Å². The summed E-state index contributed by atoms with van der Waals surface area (Å²) in [7, 11) is 1.97. The Hall–Kier alpha value is -0.120. The van der Waals surface area contributed by atoms with Crippen LogP contribution in [0.25, 0.3) is 0 Å². The standard InChI is InChI=1S/C12H28N2O/c1-3-4-5-6-7-9-14(11-12-15)10-8-13-2/h13,15H,3-12H2,1-2H3. The first-order chi connectivity index (χ1) is 7.35. The molecule has 0 aliphatic rings. The number of aliphatic hydroxyl groups excluding tert-OH is 1. The second-order valence-electron chi connectivity index (χ2n) is 4.08. The summed E-state index contributed by atoms with van der Waals surface area (Å²) >= 11 is 0. The van der Waals surface area contributed by atoms with E-state index in [9.17, 15) is 0 Å². The van der Waals surface area contributed by atoms with Gasteiger partial charge in [0.05, 0.1) is 6.61 Å². The van der Waals surface area contributed by atoms with Crippen LogP contribution in [-0.2, 0) is 0 Å². The van der Waals surface area contributed by atoms with E-state index in [1.807, 2.05) is 7.05 Å². The second kappa shape index (κ2) is 12.0. The lowest BCUT2D eigenvalue weighted by Gasteiger charge is -2.20. The minimum Gasteiger partial charge on any atom is -0.395 e. The van der Waals surface area contributed by atoms with Gasteiger partial charge in [-0.2, -0.15) is 0 Å². The maximum atomic E-state index is 8.91. The molecule has 0 aromatic rings. The predicted molar refractivity (Wildman–Crippen MR) is 66.2 cm³/mol. The molecule has 0 aromatic carbocycles. The maximum Gasteiger partial charge on any atom is 0.0558 e. The van der Waals surface area contributed by atoms with E-state index in [4.69, 9.17) is 5.11 Å². The summed E-state index contributed by atoms with van der Waals surface area (Å²) in [6.45, 7) is 6.52. The molecule has 3 nitrogen and oxygen atoms in total. The van der Waals surface area contributed by atoms with Crippen molar-refractivity contribution in [2.24, 2.45) is 0 Å². The molecule has 0 aliphatic carbocycles. The number of unbranched alkanes of at least 4 members (excludes halogenated alkanes) is 4. The fourth-order valence-corrected chi connectivity index (χ4v) is 1.69. The molecule has 0 heterocycles. The normalized spacial score (nSPS) is 11.2. The molecule has 15 heavy (non-hydrogen) atoms. The Morgan fingerprint density at radius 2 is 1.73 bits per heavy atom. The number of rotatable bonds is 11. The van der Waals surface area contributed by atoms with Crippen LogP contribution in [0.4, 0.5) is 0 Å². The van der Waals surface area contributed by atoms with E-state index in [0.717, 1.165) is 26.2 Å². The molecule has 0 atom stereocenters. The van der Waals surface area contributed by atoms with Crippen LogP contribution in [0.3, 0.4) is 0 Å². The van der Waals surface area contributed by atoms with Gasteiger partial charge in [-0.3, -0.25) is 4.90 Å². The van der Waals surface area contributed by atoms with E-state index in [-0.39, 0.29) is 6.61 Å². The van der Waals surface area contributed by atoms with E-state index < -0.39 is 0 Å². The Labute approximate surface area is 94.9 Å². The van der Waals surface area contributed by atoms with E-state index >= 15 is 0 Å². The number of likely N-dealkylation sites (N-methyl/N-ethyl adjacent to an activating group) is 1. The zero-order valence-electron chi connectivity index (χ0n) is 10.5. The molecule has 0 saturated carbocycles. The fourth-order valence-electron chi connectivity index (χ4n) is 1.69. The van der Waals surface area contributed by atoms with E-state index in [1.54, 1.807) is 0 Å². The van der Waals surface area contributed by atoms with Crippen LogP contribution in [0.2, 0.25) is 0 Å². The van der Waals surface area contributed by atoms with Crippen molar-refractivity contribution in [1.82, 2.24) is 10.2 Å². The van der Waals surface area contributed by atoms with Gasteiger partial charge in [-0.1, -0.05) is 32.6 Å². The molecule has 0 saturated heterocycles. The molecule has 0 radical (unpaired) electrons. The highest BCUT2D eigenvalue weighted by Gasteiger charge is 2.02. The van der Waals surface area contributed by atoms with Crippen LogP contribution in [0.1, 0.15) is 39.0 Å². The minimum absolute atomic E-state index is 0.276. The van der Waals surface area contributed by atoms with Gasteiger partial charge in [-0.25, -0.2) is 0 Å². The van der Waals surface area contributed by atoms with E-state index in [0.29, 0.717) is 0 Å². The highest BCUT2D eigenvalue weighted by atomic mass is 16.3. The van der Waals surface area contributed by atoms with Crippen molar-refractivity contribution < 1.29 is 5.11 Å². The first-order valence-electron chi connectivity index (χ1n) is 6.33. The quantitative estimate of drug-likeness (QED) is 0.513. The third-order valence-electron chi connectivity index (χ3n) is 2.67. The summed E-state index contributed by atoms with van der Waals surface area (Å²) < 4.78 is 0. The van der Waals surface area contributed by atoms with Gasteiger partial charge in [0.2, 0.25) is 0 Å². The lowest BCUT2D eigenvalue weighted by molar-refractivity contribution is 0.194. The molecule has 92 valence electrons. The van der Waals surface area contributed by atoms with Crippen molar-refractivity contribution in [1.29, 1.82) is 0 Å². The lowest BCUT2D eigenvalue weighted by Crippen LogP contribution is -2.33. The summed E-state index contributed by atoms with van der Waals surface area (Å²) in [6.07, 6.45) is 6.62. The van der Waals surface area contributed by atoms with Crippen molar-refractivity contribution in [2.45, 2.75) is 39.0 Å². The highest BCUT2D eigenvalue weighted by molar-refractivity contribution is 4.58. The van der Waals surface area contributed by atoms with Gasteiger partial charge >= 0.3 is 0 Å². The number of nitrogens with zero attached hydrogens (tertiary/aromatic N) is 1. The Bertz CT molecular complexity index is 120. The van der Waals surface area contributed by atoms with Crippen LogP contribution in [0.15, 0.2) is 0 Å². The fraction of sp³-hybridized carbons (Fsp3) is 1.00. The zero-order chi connectivity index (χ0) is 11.4. The Morgan fingerprint density at radius 1 is 1.00 bits per heavy atom. The Morgan fingerprint density at radius 3 is 2.33 bits per heavy atom. The number of aliphatic hydroxyl groups is 1. The Kier molecular flexibility index (Phi) is 11.9. The van der Waals surface area contributed by atoms with Crippen molar-refractivity contribution in [2.75, 3.05) is 39.8 Å². The van der Waals surface area contributed by atoms with Crippen molar-refractivity contribution in [3.63, 3.8) is 0 Å². The average Bonchev–Trinajstić information content (AvgIpc) is 2.25. The summed E-state index contributed by atoms with van der Waals surface area (Å²) in [5.74, 6) is 0. The van der Waals surface area contributed by atoms with Crippen LogP contribution >= 0.6 is 0 Å². The van der Waals surface area contributed by atoms with Crippen molar-refractivity contribution in [3.8, 4) is 0 Å². The third kappa shape index (κ3) is 10.2. The smallest absolute Gasteiger partial charge is 0.0558 e. The van der Waals surface area contributed by atoms with Crippen LogP contribution in [0.5, 0.6) is 0 Å². The van der Waals surface area contributed by atoms with Gasteiger partial charge in [0.25, 0.3) is 0 Å². The molecule has 3 heteroatoms. The lowest BCUT2D eigenvalue weighted by atomic mass is 10.1. The summed E-state index contributed by atoms with van der Waals surface area (Å²) in [5.41, 5.74) is 0. The topological polar surface area (TPSA) is 35.5 Å². The first-order valence-corrected chi connectivity index (χ1v) is 6.33. The molecule has 0 aliphatic heterocycles. The molecule has 0 aromatic heterocycles. The van der Waals surface area contributed by atoms with E-state index in [2.05, 4.69) is 17.1 Å². The molecule has 0 bridgehead atoms. The van der Waals surface area contributed by atoms with Gasteiger partial charge in [0.15, 0.2) is 0 Å². The summed E-state index contributed by atoms with van der Waals surface area (Å²) in [6, 6.07) is 0. The second-order valence-corrected chi connectivity index (χ2v) is 4.08. The number of hydrogen-bond acceptors (Lipinski definition) is 3. The molecule has 0 unspecified atom stereocenters. The van der Waals surface area contributed by atoms with Crippen molar-refractivity contribution in [3.05, 3.63) is 0 Å². The third-order valence-corrected chi connectivity index (χ3v) is 2.67. The molecule has 2 N–H and O–H groups in total. The molecule has 0 fully saturated rings. The molecular weight excluding hydrogens is 188 g/mol. The van der Waals surface area contributed by atoms with Crippen LogP contribution in [0, 0.1) is 0 Å². The molecular formula is C12H28N2O. The molecule has 0 amide bonds. The Balaban J connectivity index is 3.38. The van der Waals surface area contributed by atoms with Gasteiger partial charge in [0.1, 0.15) is 0 Å². The zero-order valence-corrected chi connectivity index (χ0v) is 10.5. The predicted octanol–water partition coefficient (Wildman–Crippen LogP) is 1.47. The average molecular weight is 216 g/mol. The van der Waals surface area contributed by atoms with Gasteiger partial charge in [-0.15, -0.1) is 0 Å². The van der Waals surface area contributed by atoms with Gasteiger partial charge in [-0.05, 0) is 20.0 Å².